The molecule has 3 heterocycles. The first-order valence-electron chi connectivity index (χ1n) is 10.5. The maximum absolute atomic E-state index is 13.1. The highest BCUT2D eigenvalue weighted by atomic mass is 16.5. The maximum atomic E-state index is 13.1. The zero-order chi connectivity index (χ0) is 22.1. The number of aliphatic hydroxyl groups excluding tert-OH is 1. The summed E-state index contributed by atoms with van der Waals surface area (Å²) in [5.74, 6) is -1.40. The Kier molecular flexibility index (Phi) is 5.93. The topological polar surface area (TPSA) is 87.9 Å². The van der Waals surface area contributed by atoms with Gasteiger partial charge < -0.3 is 14.7 Å². The third-order valence-electron chi connectivity index (χ3n) is 6.16. The minimum atomic E-state index is -0.656. The zero-order valence-corrected chi connectivity index (χ0v) is 18.2. The summed E-state index contributed by atoms with van der Waals surface area (Å²) in [5, 5.41) is 15.6. The molecule has 1 aromatic heterocycles. The SMILES string of the molecule is Cc1nn(C)c(C)c1/C(O)=C1\C(=O)C(=O)N(CCN2CCOCC2)C1c1ccccc1. The number of carbonyl (C=O) groups is 2. The molecule has 8 nitrogen and oxygen atoms in total. The monoisotopic (exact) mass is 424 g/mol. The number of morpholine rings is 1. The van der Waals surface area contributed by atoms with Crippen LogP contribution in [0.25, 0.3) is 5.76 Å². The fourth-order valence-corrected chi connectivity index (χ4v) is 4.42. The Morgan fingerprint density at radius 2 is 1.81 bits per heavy atom. The number of hydrogen-bond acceptors (Lipinski definition) is 6. The summed E-state index contributed by atoms with van der Waals surface area (Å²) in [5.41, 5.74) is 2.78. The number of aromatic nitrogens is 2. The predicted molar refractivity (Wildman–Crippen MR) is 115 cm³/mol. The van der Waals surface area contributed by atoms with E-state index in [4.69, 9.17) is 4.74 Å². The lowest BCUT2D eigenvalue weighted by molar-refractivity contribution is -0.140. The molecule has 0 spiro atoms. The third kappa shape index (κ3) is 3.88. The summed E-state index contributed by atoms with van der Waals surface area (Å²) in [6.45, 7) is 7.59. The van der Waals surface area contributed by atoms with Gasteiger partial charge in [0.1, 0.15) is 5.76 Å². The van der Waals surface area contributed by atoms with Crippen LogP contribution >= 0.6 is 0 Å². The highest BCUT2D eigenvalue weighted by Crippen LogP contribution is 2.40. The van der Waals surface area contributed by atoms with Crippen molar-refractivity contribution in [2.75, 3.05) is 39.4 Å². The van der Waals surface area contributed by atoms with Crippen LogP contribution in [0.2, 0.25) is 0 Å². The van der Waals surface area contributed by atoms with Gasteiger partial charge >= 0.3 is 0 Å². The number of amides is 1. The van der Waals surface area contributed by atoms with Crippen LogP contribution in [0, 0.1) is 13.8 Å². The number of aliphatic hydroxyl groups is 1. The van der Waals surface area contributed by atoms with Gasteiger partial charge in [0.15, 0.2) is 0 Å². The van der Waals surface area contributed by atoms with Gasteiger partial charge in [-0.1, -0.05) is 30.3 Å². The molecule has 1 amide bonds. The van der Waals surface area contributed by atoms with Gasteiger partial charge in [0, 0.05) is 38.9 Å². The highest BCUT2D eigenvalue weighted by Gasteiger charge is 2.46. The number of benzene rings is 1. The highest BCUT2D eigenvalue weighted by molar-refractivity contribution is 6.46. The van der Waals surface area contributed by atoms with Crippen molar-refractivity contribution in [3.05, 3.63) is 58.4 Å². The summed E-state index contributed by atoms with van der Waals surface area (Å²) in [4.78, 5) is 30.0. The van der Waals surface area contributed by atoms with Crippen molar-refractivity contribution >= 4 is 17.4 Å². The van der Waals surface area contributed by atoms with Gasteiger partial charge in [0.2, 0.25) is 0 Å². The summed E-state index contributed by atoms with van der Waals surface area (Å²) < 4.78 is 7.06. The van der Waals surface area contributed by atoms with E-state index in [0.717, 1.165) is 24.3 Å². The standard InChI is InChI=1S/C23H28N4O4/c1-15-18(16(2)25(3)24-15)21(28)19-20(17-7-5-4-6-8-17)27(23(30)22(19)29)10-9-26-11-13-31-14-12-26/h4-8,20,28H,9-14H2,1-3H3/b21-19+. The van der Waals surface area contributed by atoms with Crippen molar-refractivity contribution in [2.45, 2.75) is 19.9 Å². The third-order valence-corrected chi connectivity index (χ3v) is 6.16. The van der Waals surface area contributed by atoms with E-state index in [2.05, 4.69) is 10.00 Å². The number of likely N-dealkylation sites (tertiary alicyclic amines) is 1. The molecule has 1 atom stereocenters. The van der Waals surface area contributed by atoms with E-state index >= 15 is 0 Å². The van der Waals surface area contributed by atoms with Crippen LogP contribution in [0.1, 0.15) is 28.6 Å². The first kappa shape index (κ1) is 21.3. The molecule has 1 N–H and O–H groups in total. The minimum Gasteiger partial charge on any atom is -0.507 e. The van der Waals surface area contributed by atoms with Crippen molar-refractivity contribution in [2.24, 2.45) is 7.05 Å². The molecule has 164 valence electrons. The minimum absolute atomic E-state index is 0.123. The molecule has 2 aromatic rings. The Labute approximate surface area is 181 Å². The number of Topliss-reactive ketones (excluding diaryl/α,β-unsaturated/α-hetero) is 1. The van der Waals surface area contributed by atoms with E-state index in [1.165, 1.54) is 0 Å². The Morgan fingerprint density at radius 3 is 2.42 bits per heavy atom. The van der Waals surface area contributed by atoms with E-state index in [0.29, 0.717) is 37.6 Å². The molecule has 1 aromatic carbocycles. The second-order valence-corrected chi connectivity index (χ2v) is 8.03. The number of aryl methyl sites for hydroxylation is 2. The first-order valence-corrected chi connectivity index (χ1v) is 10.5. The summed E-state index contributed by atoms with van der Waals surface area (Å²) >= 11 is 0. The number of nitrogens with zero attached hydrogens (tertiary/aromatic N) is 4. The largest absolute Gasteiger partial charge is 0.507 e. The smallest absolute Gasteiger partial charge is 0.295 e. The lowest BCUT2D eigenvalue weighted by atomic mass is 9.95. The molecule has 0 saturated carbocycles. The van der Waals surface area contributed by atoms with Crippen molar-refractivity contribution in [3.63, 3.8) is 0 Å². The van der Waals surface area contributed by atoms with Gasteiger partial charge in [0.25, 0.3) is 11.7 Å². The molecule has 0 aliphatic carbocycles. The Hall–Kier alpha value is -2.97. The van der Waals surface area contributed by atoms with Crippen molar-refractivity contribution in [1.29, 1.82) is 0 Å². The van der Waals surface area contributed by atoms with Gasteiger partial charge in [-0.3, -0.25) is 19.2 Å². The molecular formula is C23H28N4O4. The normalized spacial score (nSPS) is 21.8. The van der Waals surface area contributed by atoms with Gasteiger partial charge in [-0.05, 0) is 19.4 Å². The van der Waals surface area contributed by atoms with Gasteiger partial charge in [-0.25, -0.2) is 0 Å². The molecular weight excluding hydrogens is 396 g/mol. The van der Waals surface area contributed by atoms with E-state index in [1.54, 1.807) is 23.6 Å². The van der Waals surface area contributed by atoms with Gasteiger partial charge in [-0.2, -0.15) is 5.10 Å². The Balaban J connectivity index is 1.76. The van der Waals surface area contributed by atoms with E-state index < -0.39 is 17.7 Å². The summed E-state index contributed by atoms with van der Waals surface area (Å²) in [6.07, 6.45) is 0. The number of ketones is 1. The Morgan fingerprint density at radius 1 is 1.13 bits per heavy atom. The lowest BCUT2D eigenvalue weighted by Crippen LogP contribution is -2.42. The number of hydrogen-bond donors (Lipinski definition) is 1. The van der Waals surface area contributed by atoms with Crippen LogP contribution in [0.4, 0.5) is 0 Å². The van der Waals surface area contributed by atoms with E-state index in [1.807, 2.05) is 37.3 Å². The van der Waals surface area contributed by atoms with E-state index in [9.17, 15) is 14.7 Å². The molecule has 0 radical (unpaired) electrons. The maximum Gasteiger partial charge on any atom is 0.295 e. The fourth-order valence-electron chi connectivity index (χ4n) is 4.42. The molecule has 0 bridgehead atoms. The summed E-state index contributed by atoms with van der Waals surface area (Å²) in [6, 6.07) is 8.76. The van der Waals surface area contributed by atoms with Crippen molar-refractivity contribution in [3.8, 4) is 0 Å². The van der Waals surface area contributed by atoms with Crippen LogP contribution in [0.3, 0.4) is 0 Å². The second kappa shape index (κ2) is 8.64. The lowest BCUT2D eigenvalue weighted by Gasteiger charge is -2.31. The molecule has 2 aliphatic rings. The molecule has 2 aliphatic heterocycles. The second-order valence-electron chi connectivity index (χ2n) is 8.03. The zero-order valence-electron chi connectivity index (χ0n) is 18.2. The fraction of sp³-hybridized carbons (Fsp3) is 0.435. The number of carbonyl (C=O) groups excluding carboxylic acids is 2. The van der Waals surface area contributed by atoms with Crippen molar-refractivity contribution in [1.82, 2.24) is 19.6 Å². The molecule has 2 fully saturated rings. The van der Waals surface area contributed by atoms with Crippen molar-refractivity contribution < 1.29 is 19.4 Å². The van der Waals surface area contributed by atoms with Gasteiger partial charge in [0.05, 0.1) is 36.1 Å². The number of ether oxygens (including phenoxy) is 1. The van der Waals surface area contributed by atoms with Crippen LogP contribution in [-0.2, 0) is 21.4 Å². The Bertz CT molecular complexity index is 1020. The average Bonchev–Trinajstić information content (AvgIpc) is 3.18. The van der Waals surface area contributed by atoms with Crippen LogP contribution in [0.5, 0.6) is 0 Å². The first-order chi connectivity index (χ1) is 14.9. The molecule has 2 saturated heterocycles. The molecule has 31 heavy (non-hydrogen) atoms. The molecule has 1 unspecified atom stereocenters. The van der Waals surface area contributed by atoms with E-state index in [-0.39, 0.29) is 11.3 Å². The molecule has 8 heteroatoms. The van der Waals surface area contributed by atoms with Crippen LogP contribution in [-0.4, -0.2) is 75.8 Å². The summed E-state index contributed by atoms with van der Waals surface area (Å²) in [7, 11) is 1.79. The number of rotatable bonds is 5. The average molecular weight is 425 g/mol. The molecule has 4 rings (SSSR count). The quantitative estimate of drug-likeness (QED) is 0.447. The van der Waals surface area contributed by atoms with Crippen LogP contribution in [0.15, 0.2) is 35.9 Å². The van der Waals surface area contributed by atoms with Crippen LogP contribution < -0.4 is 0 Å². The predicted octanol–water partition coefficient (Wildman–Crippen LogP) is 1.79. The van der Waals surface area contributed by atoms with Gasteiger partial charge in [-0.15, -0.1) is 0 Å².